The van der Waals surface area contributed by atoms with Gasteiger partial charge in [-0.15, -0.1) is 0 Å². The Morgan fingerprint density at radius 1 is 1.32 bits per heavy atom. The molecule has 0 atom stereocenters. The molecule has 0 aliphatic carbocycles. The molecule has 1 N–H and O–H groups in total. The normalized spacial score (nSPS) is 10.6. The molecule has 0 saturated heterocycles. The second-order valence-corrected chi connectivity index (χ2v) is 4.24. The minimum atomic E-state index is 0.694. The van der Waals surface area contributed by atoms with Crippen LogP contribution < -0.4 is 5.32 Å². The van der Waals surface area contributed by atoms with Gasteiger partial charge in [0.05, 0.1) is 12.3 Å². The standard InChI is InChI=1S/C14H18N4O/c1-11-8-13(10-16-6-7-19-2)18-14(17-11)12-4-3-5-15-9-12/h3-5,8-9,16H,6-7,10H2,1-2H3. The van der Waals surface area contributed by atoms with Gasteiger partial charge in [-0.25, -0.2) is 9.97 Å². The van der Waals surface area contributed by atoms with Crippen molar-refractivity contribution in [3.8, 4) is 11.4 Å². The summed E-state index contributed by atoms with van der Waals surface area (Å²) in [6, 6.07) is 5.83. The zero-order valence-electron chi connectivity index (χ0n) is 11.3. The summed E-state index contributed by atoms with van der Waals surface area (Å²) in [5, 5.41) is 3.28. The Bertz CT molecular complexity index is 516. The van der Waals surface area contributed by atoms with E-state index in [2.05, 4.69) is 20.3 Å². The zero-order valence-corrected chi connectivity index (χ0v) is 11.3. The average Bonchev–Trinajstić information content (AvgIpc) is 2.44. The lowest BCUT2D eigenvalue weighted by atomic mass is 10.2. The molecule has 0 bridgehead atoms. The van der Waals surface area contributed by atoms with Crippen LogP contribution in [0.5, 0.6) is 0 Å². The van der Waals surface area contributed by atoms with Crippen molar-refractivity contribution in [1.82, 2.24) is 20.3 Å². The molecule has 2 rings (SSSR count). The van der Waals surface area contributed by atoms with Gasteiger partial charge in [0, 0.05) is 43.9 Å². The molecule has 100 valence electrons. The van der Waals surface area contributed by atoms with E-state index >= 15 is 0 Å². The van der Waals surface area contributed by atoms with Gasteiger partial charge in [-0.3, -0.25) is 4.98 Å². The smallest absolute Gasteiger partial charge is 0.161 e. The molecular formula is C14H18N4O. The predicted octanol–water partition coefficient (Wildman–Crippen LogP) is 1.58. The Labute approximate surface area is 113 Å². The minimum absolute atomic E-state index is 0.694. The first kappa shape index (κ1) is 13.6. The van der Waals surface area contributed by atoms with E-state index in [1.54, 1.807) is 19.5 Å². The van der Waals surface area contributed by atoms with Gasteiger partial charge >= 0.3 is 0 Å². The fraction of sp³-hybridized carbons (Fsp3) is 0.357. The van der Waals surface area contributed by atoms with Crippen LogP contribution in [-0.2, 0) is 11.3 Å². The Kier molecular flexibility index (Phi) is 4.94. The molecule has 0 unspecified atom stereocenters. The summed E-state index contributed by atoms with van der Waals surface area (Å²) < 4.78 is 4.99. The van der Waals surface area contributed by atoms with Crippen molar-refractivity contribution in [3.05, 3.63) is 42.0 Å². The molecule has 2 aromatic heterocycles. The van der Waals surface area contributed by atoms with Gasteiger partial charge < -0.3 is 10.1 Å². The van der Waals surface area contributed by atoms with Crippen LogP contribution in [0.1, 0.15) is 11.4 Å². The van der Waals surface area contributed by atoms with Crippen LogP contribution >= 0.6 is 0 Å². The summed E-state index contributed by atoms with van der Waals surface area (Å²) in [4.78, 5) is 13.1. The fourth-order valence-electron chi connectivity index (χ4n) is 1.74. The number of hydrogen-bond donors (Lipinski definition) is 1. The summed E-state index contributed by atoms with van der Waals surface area (Å²) in [5.74, 6) is 0.719. The molecule has 0 spiro atoms. The fourth-order valence-corrected chi connectivity index (χ4v) is 1.74. The molecule has 0 aliphatic rings. The number of hydrogen-bond acceptors (Lipinski definition) is 5. The molecule has 0 aliphatic heterocycles. The molecule has 0 saturated carbocycles. The number of aromatic nitrogens is 3. The van der Waals surface area contributed by atoms with E-state index in [9.17, 15) is 0 Å². The first-order valence-electron chi connectivity index (χ1n) is 6.24. The quantitative estimate of drug-likeness (QED) is 0.797. The number of nitrogens with zero attached hydrogens (tertiary/aromatic N) is 3. The van der Waals surface area contributed by atoms with Crippen molar-refractivity contribution in [2.75, 3.05) is 20.3 Å². The van der Waals surface area contributed by atoms with Gasteiger partial charge in [-0.05, 0) is 25.1 Å². The van der Waals surface area contributed by atoms with E-state index in [0.29, 0.717) is 13.2 Å². The van der Waals surface area contributed by atoms with Crippen molar-refractivity contribution in [3.63, 3.8) is 0 Å². The highest BCUT2D eigenvalue weighted by molar-refractivity contribution is 5.53. The Morgan fingerprint density at radius 3 is 2.95 bits per heavy atom. The maximum Gasteiger partial charge on any atom is 0.161 e. The molecular weight excluding hydrogens is 240 g/mol. The third kappa shape index (κ3) is 4.08. The molecule has 2 aromatic rings. The summed E-state index contributed by atoms with van der Waals surface area (Å²) in [5.41, 5.74) is 2.86. The Hall–Kier alpha value is -1.85. The molecule has 0 aromatic carbocycles. The highest BCUT2D eigenvalue weighted by atomic mass is 16.5. The van der Waals surface area contributed by atoms with Gasteiger partial charge in [0.25, 0.3) is 0 Å². The third-order valence-electron chi connectivity index (χ3n) is 2.62. The van der Waals surface area contributed by atoms with Crippen LogP contribution in [0.3, 0.4) is 0 Å². The topological polar surface area (TPSA) is 59.9 Å². The van der Waals surface area contributed by atoms with Gasteiger partial charge in [0.2, 0.25) is 0 Å². The van der Waals surface area contributed by atoms with Crippen LogP contribution in [0, 0.1) is 6.92 Å². The molecule has 5 nitrogen and oxygen atoms in total. The van der Waals surface area contributed by atoms with Crippen LogP contribution in [-0.4, -0.2) is 35.2 Å². The number of rotatable bonds is 6. The number of nitrogens with one attached hydrogen (secondary N) is 1. The predicted molar refractivity (Wildman–Crippen MR) is 73.6 cm³/mol. The molecule has 0 radical (unpaired) electrons. The lowest BCUT2D eigenvalue weighted by Gasteiger charge is -2.07. The summed E-state index contributed by atoms with van der Waals surface area (Å²) in [7, 11) is 1.69. The first-order valence-corrected chi connectivity index (χ1v) is 6.24. The van der Waals surface area contributed by atoms with Gasteiger partial charge in [0.15, 0.2) is 5.82 Å². The van der Waals surface area contributed by atoms with Crippen LogP contribution in [0.15, 0.2) is 30.6 Å². The maximum absolute atomic E-state index is 4.99. The van der Waals surface area contributed by atoms with E-state index < -0.39 is 0 Å². The van der Waals surface area contributed by atoms with E-state index in [-0.39, 0.29) is 0 Å². The first-order chi connectivity index (χ1) is 9.29. The van der Waals surface area contributed by atoms with E-state index in [1.165, 1.54) is 0 Å². The van der Waals surface area contributed by atoms with Crippen molar-refractivity contribution < 1.29 is 4.74 Å². The summed E-state index contributed by atoms with van der Waals surface area (Å²) in [6.45, 7) is 4.18. The Morgan fingerprint density at radius 2 is 2.21 bits per heavy atom. The largest absolute Gasteiger partial charge is 0.383 e. The second-order valence-electron chi connectivity index (χ2n) is 4.24. The summed E-state index contributed by atoms with van der Waals surface area (Å²) >= 11 is 0. The van der Waals surface area contributed by atoms with Crippen molar-refractivity contribution in [1.29, 1.82) is 0 Å². The number of aryl methyl sites for hydroxylation is 1. The van der Waals surface area contributed by atoms with E-state index in [4.69, 9.17) is 4.74 Å². The lowest BCUT2D eigenvalue weighted by molar-refractivity contribution is 0.199. The van der Waals surface area contributed by atoms with Crippen LogP contribution in [0.2, 0.25) is 0 Å². The zero-order chi connectivity index (χ0) is 13.5. The van der Waals surface area contributed by atoms with E-state index in [0.717, 1.165) is 29.3 Å². The lowest BCUT2D eigenvalue weighted by Crippen LogP contribution is -2.19. The number of methoxy groups -OCH3 is 1. The summed E-state index contributed by atoms with van der Waals surface area (Å²) in [6.07, 6.45) is 3.52. The number of pyridine rings is 1. The highest BCUT2D eigenvalue weighted by Crippen LogP contribution is 2.14. The van der Waals surface area contributed by atoms with Gasteiger partial charge in [0.1, 0.15) is 0 Å². The monoisotopic (exact) mass is 258 g/mol. The molecule has 0 fully saturated rings. The van der Waals surface area contributed by atoms with Crippen LogP contribution in [0.25, 0.3) is 11.4 Å². The van der Waals surface area contributed by atoms with Crippen molar-refractivity contribution in [2.24, 2.45) is 0 Å². The van der Waals surface area contributed by atoms with Crippen molar-refractivity contribution >= 4 is 0 Å². The highest BCUT2D eigenvalue weighted by Gasteiger charge is 2.04. The Balaban J connectivity index is 2.11. The molecule has 5 heteroatoms. The number of ether oxygens (including phenoxy) is 1. The van der Waals surface area contributed by atoms with Crippen LogP contribution in [0.4, 0.5) is 0 Å². The van der Waals surface area contributed by atoms with Crippen molar-refractivity contribution in [2.45, 2.75) is 13.5 Å². The molecule has 19 heavy (non-hydrogen) atoms. The second kappa shape index (κ2) is 6.92. The SMILES string of the molecule is COCCNCc1cc(C)nc(-c2cccnc2)n1. The maximum atomic E-state index is 4.99. The molecule has 0 amide bonds. The third-order valence-corrected chi connectivity index (χ3v) is 2.62. The van der Waals surface area contributed by atoms with E-state index in [1.807, 2.05) is 25.1 Å². The average molecular weight is 258 g/mol. The van der Waals surface area contributed by atoms with Gasteiger partial charge in [-0.1, -0.05) is 0 Å². The minimum Gasteiger partial charge on any atom is -0.383 e. The molecule has 2 heterocycles. The van der Waals surface area contributed by atoms with Gasteiger partial charge in [-0.2, -0.15) is 0 Å².